The van der Waals surface area contributed by atoms with Gasteiger partial charge in [0, 0.05) is 12.8 Å². The molecular formula is C18H28N4O2. The molecule has 1 saturated heterocycles. The Balaban J connectivity index is 1.28. The van der Waals surface area contributed by atoms with Crippen LogP contribution in [0, 0.1) is 5.92 Å². The van der Waals surface area contributed by atoms with Crippen molar-refractivity contribution >= 4 is 6.03 Å². The summed E-state index contributed by atoms with van der Waals surface area (Å²) < 4.78 is 7.92. The maximum absolute atomic E-state index is 12.3. The fourth-order valence-electron chi connectivity index (χ4n) is 4.23. The summed E-state index contributed by atoms with van der Waals surface area (Å²) in [7, 11) is 0. The predicted octanol–water partition coefficient (Wildman–Crippen LogP) is 2.76. The van der Waals surface area contributed by atoms with E-state index in [1.165, 1.54) is 38.5 Å². The number of aromatic nitrogens is 2. The summed E-state index contributed by atoms with van der Waals surface area (Å²) in [5, 5.41) is 10.7. The molecule has 4 rings (SSSR count). The van der Waals surface area contributed by atoms with Crippen molar-refractivity contribution in [2.45, 2.75) is 76.1 Å². The zero-order valence-corrected chi connectivity index (χ0v) is 14.5. The van der Waals surface area contributed by atoms with E-state index in [2.05, 4.69) is 27.3 Å². The average Bonchev–Trinajstić information content (AvgIpc) is 2.97. The molecule has 2 heterocycles. The molecule has 2 atom stereocenters. The number of nitrogens with one attached hydrogen (secondary N) is 2. The van der Waals surface area contributed by atoms with Gasteiger partial charge in [0.1, 0.15) is 0 Å². The standard InChI is InChI=1S/C18H28N4O2/c1-18(9-11-24-16(18)13-6-7-13)20-17(23)19-12-14-8-10-22(21-14)15-4-2-3-5-15/h8,10,13,15-16H,2-7,9,11-12H2,1H3,(H2,19,20,23)/t16-,18-/m0/s1. The predicted molar refractivity (Wildman–Crippen MR) is 90.6 cm³/mol. The number of urea groups is 1. The second-order valence-electron chi connectivity index (χ2n) is 7.83. The number of ether oxygens (including phenoxy) is 1. The molecule has 132 valence electrons. The Hall–Kier alpha value is -1.56. The highest BCUT2D eigenvalue weighted by atomic mass is 16.5. The number of rotatable bonds is 5. The lowest BCUT2D eigenvalue weighted by molar-refractivity contribution is 0.0591. The Bertz CT molecular complexity index is 592. The summed E-state index contributed by atoms with van der Waals surface area (Å²) in [5.41, 5.74) is 0.678. The van der Waals surface area contributed by atoms with Crippen LogP contribution in [0.25, 0.3) is 0 Å². The monoisotopic (exact) mass is 332 g/mol. The van der Waals surface area contributed by atoms with Crippen LogP contribution in [0.5, 0.6) is 0 Å². The van der Waals surface area contributed by atoms with Crippen LogP contribution < -0.4 is 10.6 Å². The molecule has 2 saturated carbocycles. The van der Waals surface area contributed by atoms with Gasteiger partial charge in [0.15, 0.2) is 0 Å². The number of hydrogen-bond donors (Lipinski definition) is 2. The van der Waals surface area contributed by atoms with Crippen LogP contribution in [0.4, 0.5) is 4.79 Å². The highest BCUT2D eigenvalue weighted by Crippen LogP contribution is 2.43. The molecule has 0 spiro atoms. The molecule has 2 aliphatic carbocycles. The Morgan fingerprint density at radius 1 is 1.38 bits per heavy atom. The fraction of sp³-hybridized carbons (Fsp3) is 0.778. The zero-order valence-electron chi connectivity index (χ0n) is 14.5. The molecule has 3 fully saturated rings. The van der Waals surface area contributed by atoms with Gasteiger partial charge in [-0.2, -0.15) is 5.10 Å². The third-order valence-corrected chi connectivity index (χ3v) is 5.79. The average molecular weight is 332 g/mol. The minimum Gasteiger partial charge on any atom is -0.375 e. The van der Waals surface area contributed by atoms with Crippen molar-refractivity contribution in [2.75, 3.05) is 6.61 Å². The molecule has 1 aromatic rings. The van der Waals surface area contributed by atoms with Crippen molar-refractivity contribution in [3.63, 3.8) is 0 Å². The summed E-state index contributed by atoms with van der Waals surface area (Å²) >= 11 is 0. The maximum Gasteiger partial charge on any atom is 0.315 e. The lowest BCUT2D eigenvalue weighted by Crippen LogP contribution is -2.55. The zero-order chi connectivity index (χ0) is 16.6. The topological polar surface area (TPSA) is 68.2 Å². The SMILES string of the molecule is C[C@]1(NC(=O)NCc2ccn(C3CCCC3)n2)CCO[C@H]1C1CC1. The smallest absolute Gasteiger partial charge is 0.315 e. The second-order valence-corrected chi connectivity index (χ2v) is 7.83. The lowest BCUT2D eigenvalue weighted by atomic mass is 9.90. The summed E-state index contributed by atoms with van der Waals surface area (Å²) in [6.07, 6.45) is 10.6. The van der Waals surface area contributed by atoms with Crippen LogP contribution in [-0.2, 0) is 11.3 Å². The summed E-state index contributed by atoms with van der Waals surface area (Å²) in [4.78, 5) is 12.3. The quantitative estimate of drug-likeness (QED) is 0.871. The van der Waals surface area contributed by atoms with Gasteiger partial charge < -0.3 is 15.4 Å². The molecule has 1 aromatic heterocycles. The third-order valence-electron chi connectivity index (χ3n) is 5.79. The van der Waals surface area contributed by atoms with E-state index < -0.39 is 0 Å². The van der Waals surface area contributed by atoms with Crippen molar-refractivity contribution in [2.24, 2.45) is 5.92 Å². The minimum atomic E-state index is -0.242. The van der Waals surface area contributed by atoms with Gasteiger partial charge in [0.2, 0.25) is 0 Å². The summed E-state index contributed by atoms with van der Waals surface area (Å²) in [5.74, 6) is 0.625. The van der Waals surface area contributed by atoms with E-state index in [4.69, 9.17) is 4.74 Å². The van der Waals surface area contributed by atoms with Gasteiger partial charge in [-0.3, -0.25) is 4.68 Å². The van der Waals surface area contributed by atoms with E-state index in [0.29, 0.717) is 18.5 Å². The van der Waals surface area contributed by atoms with E-state index in [1.807, 2.05) is 12.3 Å². The molecule has 24 heavy (non-hydrogen) atoms. The van der Waals surface area contributed by atoms with Gasteiger partial charge >= 0.3 is 6.03 Å². The van der Waals surface area contributed by atoms with Crippen molar-refractivity contribution in [3.8, 4) is 0 Å². The molecule has 1 aliphatic heterocycles. The molecule has 0 unspecified atom stereocenters. The molecular weight excluding hydrogens is 304 g/mol. The Morgan fingerprint density at radius 3 is 2.92 bits per heavy atom. The second kappa shape index (κ2) is 6.39. The first-order chi connectivity index (χ1) is 11.6. The number of carbonyl (C=O) groups is 1. The normalized spacial score (nSPS) is 30.6. The Kier molecular flexibility index (Phi) is 4.24. The number of hydrogen-bond acceptors (Lipinski definition) is 3. The highest BCUT2D eigenvalue weighted by molar-refractivity contribution is 5.74. The van der Waals surface area contributed by atoms with Crippen LogP contribution in [-0.4, -0.2) is 34.1 Å². The maximum atomic E-state index is 12.3. The third kappa shape index (κ3) is 3.29. The fourth-order valence-corrected chi connectivity index (χ4v) is 4.23. The number of nitrogens with zero attached hydrogens (tertiary/aromatic N) is 2. The molecule has 2 amide bonds. The van der Waals surface area contributed by atoms with Crippen LogP contribution >= 0.6 is 0 Å². The summed E-state index contributed by atoms with van der Waals surface area (Å²) in [6.45, 7) is 3.32. The first-order valence-corrected chi connectivity index (χ1v) is 9.36. The van der Waals surface area contributed by atoms with Crippen molar-refractivity contribution in [3.05, 3.63) is 18.0 Å². The van der Waals surface area contributed by atoms with Crippen molar-refractivity contribution in [1.82, 2.24) is 20.4 Å². The van der Waals surface area contributed by atoms with E-state index in [-0.39, 0.29) is 17.7 Å². The van der Waals surface area contributed by atoms with Crippen molar-refractivity contribution < 1.29 is 9.53 Å². The van der Waals surface area contributed by atoms with E-state index >= 15 is 0 Å². The molecule has 0 radical (unpaired) electrons. The molecule has 6 nitrogen and oxygen atoms in total. The van der Waals surface area contributed by atoms with Crippen LogP contribution in [0.3, 0.4) is 0 Å². The molecule has 3 aliphatic rings. The highest BCUT2D eigenvalue weighted by Gasteiger charge is 2.48. The van der Waals surface area contributed by atoms with Gasteiger partial charge in [0.05, 0.1) is 29.9 Å². The molecule has 0 aromatic carbocycles. The molecule has 2 N–H and O–H groups in total. The first kappa shape index (κ1) is 15.9. The Morgan fingerprint density at radius 2 is 2.17 bits per heavy atom. The van der Waals surface area contributed by atoms with Crippen LogP contribution in [0.1, 0.15) is 63.6 Å². The number of amides is 2. The first-order valence-electron chi connectivity index (χ1n) is 9.36. The molecule has 0 bridgehead atoms. The lowest BCUT2D eigenvalue weighted by Gasteiger charge is -2.31. The largest absolute Gasteiger partial charge is 0.375 e. The van der Waals surface area contributed by atoms with Crippen LogP contribution in [0.15, 0.2) is 12.3 Å². The molecule has 6 heteroatoms. The van der Waals surface area contributed by atoms with Gasteiger partial charge in [-0.05, 0) is 51.0 Å². The van der Waals surface area contributed by atoms with E-state index in [0.717, 1.165) is 18.7 Å². The van der Waals surface area contributed by atoms with Gasteiger partial charge in [0.25, 0.3) is 0 Å². The Labute approximate surface area is 143 Å². The number of carbonyl (C=O) groups excluding carboxylic acids is 1. The van der Waals surface area contributed by atoms with Crippen LogP contribution in [0.2, 0.25) is 0 Å². The van der Waals surface area contributed by atoms with Crippen molar-refractivity contribution in [1.29, 1.82) is 0 Å². The summed E-state index contributed by atoms with van der Waals surface area (Å²) in [6, 6.07) is 2.43. The van der Waals surface area contributed by atoms with E-state index in [1.54, 1.807) is 0 Å². The minimum absolute atomic E-state index is 0.121. The van der Waals surface area contributed by atoms with E-state index in [9.17, 15) is 4.79 Å². The van der Waals surface area contributed by atoms with Gasteiger partial charge in [-0.25, -0.2) is 4.79 Å². The van der Waals surface area contributed by atoms with Gasteiger partial charge in [-0.15, -0.1) is 0 Å². The van der Waals surface area contributed by atoms with Gasteiger partial charge in [-0.1, -0.05) is 12.8 Å².